The lowest BCUT2D eigenvalue weighted by atomic mass is 10.0. The second-order valence-electron chi connectivity index (χ2n) is 6.79. The highest BCUT2D eigenvalue weighted by molar-refractivity contribution is 6.39. The van der Waals surface area contributed by atoms with E-state index in [2.05, 4.69) is 0 Å². The Morgan fingerprint density at radius 2 is 1.42 bits per heavy atom. The van der Waals surface area contributed by atoms with E-state index >= 15 is 0 Å². The lowest BCUT2D eigenvalue weighted by Crippen LogP contribution is -2.24. The van der Waals surface area contributed by atoms with E-state index in [0.717, 1.165) is 4.90 Å². The highest BCUT2D eigenvalue weighted by atomic mass is 35.5. The molecule has 0 N–H and O–H groups in total. The van der Waals surface area contributed by atoms with Gasteiger partial charge in [-0.3, -0.25) is 14.5 Å². The molecule has 0 spiro atoms. The smallest absolute Gasteiger partial charge is 0.261 e. The molecule has 0 radical (unpaired) electrons. The minimum absolute atomic E-state index is 0.212. The zero-order chi connectivity index (χ0) is 22.1. The molecule has 2 heterocycles. The fourth-order valence-electron chi connectivity index (χ4n) is 3.37. The Kier molecular flexibility index (Phi) is 5.85. The SMILES string of the molecule is CN1C(=O)c2ccccc2C1=O.Fc1cc2c(c(-c3c(Cl)cccc3Cl)c1)OCCO2. The standard InChI is InChI=1S/C14H9Cl2FO2.C9H7NO2/c15-10-2-1-3-11(16)13(10)9-6-8(17)7-12-14(9)19-5-4-18-12;1-10-8(11)6-4-2-3-5-7(6)9(10)12/h1-3,6-7H,4-5H2;2-5H,1H3. The second-order valence-corrected chi connectivity index (χ2v) is 7.60. The van der Waals surface area contributed by atoms with Gasteiger partial charge in [0, 0.05) is 24.2 Å². The molecule has 0 aromatic heterocycles. The molecule has 0 aliphatic carbocycles. The van der Waals surface area contributed by atoms with Gasteiger partial charge in [-0.2, -0.15) is 0 Å². The molecule has 0 saturated heterocycles. The highest BCUT2D eigenvalue weighted by Crippen LogP contribution is 2.45. The van der Waals surface area contributed by atoms with Crippen molar-refractivity contribution in [3.05, 3.63) is 81.6 Å². The molecule has 0 fully saturated rings. The highest BCUT2D eigenvalue weighted by Gasteiger charge is 2.31. The Morgan fingerprint density at radius 1 is 0.839 bits per heavy atom. The fourth-order valence-corrected chi connectivity index (χ4v) is 3.97. The summed E-state index contributed by atoms with van der Waals surface area (Å²) >= 11 is 12.3. The summed E-state index contributed by atoms with van der Waals surface area (Å²) in [6.07, 6.45) is 0. The summed E-state index contributed by atoms with van der Waals surface area (Å²) in [5, 5.41) is 0.879. The van der Waals surface area contributed by atoms with Crippen LogP contribution in [0, 0.1) is 5.82 Å². The molecule has 5 nitrogen and oxygen atoms in total. The number of imide groups is 1. The van der Waals surface area contributed by atoms with Gasteiger partial charge in [-0.15, -0.1) is 0 Å². The summed E-state index contributed by atoms with van der Waals surface area (Å²) in [5.74, 6) is 0.00122. The molecule has 0 saturated carbocycles. The monoisotopic (exact) mass is 459 g/mol. The van der Waals surface area contributed by atoms with Gasteiger partial charge >= 0.3 is 0 Å². The third-order valence-corrected chi connectivity index (χ3v) is 5.47. The number of fused-ring (bicyclic) bond motifs is 2. The van der Waals surface area contributed by atoms with E-state index in [0.29, 0.717) is 57.0 Å². The molecule has 0 unspecified atom stereocenters. The van der Waals surface area contributed by atoms with Crippen molar-refractivity contribution in [2.45, 2.75) is 0 Å². The van der Waals surface area contributed by atoms with Crippen LogP contribution in [0.2, 0.25) is 10.0 Å². The van der Waals surface area contributed by atoms with Crippen molar-refractivity contribution in [1.29, 1.82) is 0 Å². The maximum absolute atomic E-state index is 13.7. The van der Waals surface area contributed by atoms with Gasteiger partial charge < -0.3 is 9.47 Å². The zero-order valence-corrected chi connectivity index (χ0v) is 17.8. The molecule has 5 rings (SSSR count). The zero-order valence-electron chi connectivity index (χ0n) is 16.3. The van der Waals surface area contributed by atoms with Crippen LogP contribution in [0.4, 0.5) is 4.39 Å². The van der Waals surface area contributed by atoms with E-state index in [-0.39, 0.29) is 11.8 Å². The third-order valence-electron chi connectivity index (χ3n) is 4.84. The normalized spacial score (nSPS) is 14.1. The minimum atomic E-state index is -0.421. The average Bonchev–Trinajstić information content (AvgIpc) is 2.98. The lowest BCUT2D eigenvalue weighted by Gasteiger charge is -2.22. The van der Waals surface area contributed by atoms with Crippen LogP contribution in [-0.4, -0.2) is 37.0 Å². The Bertz CT molecular complexity index is 1140. The maximum Gasteiger partial charge on any atom is 0.261 e. The van der Waals surface area contributed by atoms with E-state index in [9.17, 15) is 14.0 Å². The van der Waals surface area contributed by atoms with Gasteiger partial charge in [0.1, 0.15) is 19.0 Å². The maximum atomic E-state index is 13.7. The molecule has 0 atom stereocenters. The molecule has 3 aromatic carbocycles. The number of carbonyl (C=O) groups is 2. The number of nitrogens with zero attached hydrogens (tertiary/aromatic N) is 1. The van der Waals surface area contributed by atoms with Crippen molar-refractivity contribution < 1.29 is 23.5 Å². The van der Waals surface area contributed by atoms with Crippen LogP contribution >= 0.6 is 23.2 Å². The summed E-state index contributed by atoms with van der Waals surface area (Å²) in [4.78, 5) is 23.8. The first-order valence-electron chi connectivity index (χ1n) is 9.33. The summed E-state index contributed by atoms with van der Waals surface area (Å²) < 4.78 is 24.6. The predicted octanol–water partition coefficient (Wildman–Crippen LogP) is 5.48. The van der Waals surface area contributed by atoms with Crippen molar-refractivity contribution in [2.75, 3.05) is 20.3 Å². The second kappa shape index (κ2) is 8.57. The predicted molar refractivity (Wildman–Crippen MR) is 116 cm³/mol. The Balaban J connectivity index is 0.000000166. The largest absolute Gasteiger partial charge is 0.486 e. The van der Waals surface area contributed by atoms with Gasteiger partial charge in [-0.1, -0.05) is 41.4 Å². The molecule has 3 aromatic rings. The first kappa shape index (κ1) is 21.2. The van der Waals surface area contributed by atoms with Crippen molar-refractivity contribution in [1.82, 2.24) is 4.90 Å². The number of ether oxygens (including phenoxy) is 2. The van der Waals surface area contributed by atoms with Crippen LogP contribution in [0.5, 0.6) is 11.5 Å². The number of rotatable bonds is 1. The quantitative estimate of drug-likeness (QED) is 0.451. The number of hydrogen-bond acceptors (Lipinski definition) is 4. The summed E-state index contributed by atoms with van der Waals surface area (Å²) in [6, 6.07) is 14.6. The molecule has 2 amide bonds. The van der Waals surface area contributed by atoms with E-state index in [1.165, 1.54) is 19.2 Å². The van der Waals surface area contributed by atoms with Crippen LogP contribution in [-0.2, 0) is 0 Å². The molecule has 31 heavy (non-hydrogen) atoms. The molecule has 8 heteroatoms. The van der Waals surface area contributed by atoms with E-state index < -0.39 is 5.82 Å². The number of amides is 2. The number of hydrogen-bond donors (Lipinski definition) is 0. The lowest BCUT2D eigenvalue weighted by molar-refractivity contribution is 0.0693. The topological polar surface area (TPSA) is 55.8 Å². The van der Waals surface area contributed by atoms with E-state index in [1.807, 2.05) is 0 Å². The third kappa shape index (κ3) is 3.96. The molecular weight excluding hydrogens is 444 g/mol. The number of benzene rings is 3. The van der Waals surface area contributed by atoms with Crippen molar-refractivity contribution in [3.63, 3.8) is 0 Å². The van der Waals surface area contributed by atoms with Crippen LogP contribution < -0.4 is 9.47 Å². The average molecular weight is 460 g/mol. The van der Waals surface area contributed by atoms with Crippen LogP contribution in [0.3, 0.4) is 0 Å². The molecule has 2 aliphatic rings. The van der Waals surface area contributed by atoms with Gasteiger partial charge in [-0.25, -0.2) is 4.39 Å². The summed E-state index contributed by atoms with van der Waals surface area (Å²) in [5.41, 5.74) is 2.06. The van der Waals surface area contributed by atoms with Crippen molar-refractivity contribution >= 4 is 35.0 Å². The van der Waals surface area contributed by atoms with E-state index in [1.54, 1.807) is 42.5 Å². The number of carbonyl (C=O) groups excluding carboxylic acids is 2. The Labute approximate surface area is 187 Å². The first-order valence-corrected chi connectivity index (χ1v) is 10.1. The first-order chi connectivity index (χ1) is 14.9. The van der Waals surface area contributed by atoms with Gasteiger partial charge in [0.15, 0.2) is 11.5 Å². The van der Waals surface area contributed by atoms with Gasteiger partial charge in [0.05, 0.1) is 21.2 Å². The van der Waals surface area contributed by atoms with Crippen molar-refractivity contribution in [3.8, 4) is 22.6 Å². The molecule has 0 bridgehead atoms. The Hall–Kier alpha value is -3.09. The molecular formula is C23H16Cl2FNO4. The summed E-state index contributed by atoms with van der Waals surface area (Å²) in [7, 11) is 1.49. The van der Waals surface area contributed by atoms with Gasteiger partial charge in [-0.05, 0) is 30.3 Å². The fraction of sp³-hybridized carbons (Fsp3) is 0.130. The molecule has 2 aliphatic heterocycles. The Morgan fingerprint density at radius 3 is 2.03 bits per heavy atom. The minimum Gasteiger partial charge on any atom is -0.486 e. The van der Waals surface area contributed by atoms with Crippen LogP contribution in [0.25, 0.3) is 11.1 Å². The van der Waals surface area contributed by atoms with E-state index in [4.69, 9.17) is 32.7 Å². The molecule has 158 valence electrons. The van der Waals surface area contributed by atoms with Gasteiger partial charge in [0.2, 0.25) is 0 Å². The van der Waals surface area contributed by atoms with Gasteiger partial charge in [0.25, 0.3) is 11.8 Å². The van der Waals surface area contributed by atoms with Crippen LogP contribution in [0.1, 0.15) is 20.7 Å². The number of halogens is 3. The van der Waals surface area contributed by atoms with Crippen molar-refractivity contribution in [2.24, 2.45) is 0 Å². The van der Waals surface area contributed by atoms with Crippen LogP contribution in [0.15, 0.2) is 54.6 Å². The summed E-state index contributed by atoms with van der Waals surface area (Å²) in [6.45, 7) is 0.805.